The van der Waals surface area contributed by atoms with Crippen LogP contribution in [0.2, 0.25) is 0 Å². The lowest BCUT2D eigenvalue weighted by molar-refractivity contribution is -0.143. The number of nitrogens with one attached hydrogen (secondary N) is 2. The number of carboxylic acid groups (broad SMARTS) is 1. The van der Waals surface area contributed by atoms with Gasteiger partial charge in [-0.15, -0.1) is 5.10 Å². The zero-order valence-corrected chi connectivity index (χ0v) is 10.1. The van der Waals surface area contributed by atoms with Crippen molar-refractivity contribution in [1.82, 2.24) is 20.5 Å². The van der Waals surface area contributed by atoms with Gasteiger partial charge in [-0.25, -0.2) is 4.98 Å². The van der Waals surface area contributed by atoms with E-state index in [0.29, 0.717) is 18.7 Å². The molecule has 0 bridgehead atoms. The van der Waals surface area contributed by atoms with Crippen LogP contribution in [0.3, 0.4) is 0 Å². The summed E-state index contributed by atoms with van der Waals surface area (Å²) in [7, 11) is 0. The van der Waals surface area contributed by atoms with Crippen molar-refractivity contribution in [3.05, 3.63) is 11.6 Å². The highest BCUT2D eigenvalue weighted by Gasteiger charge is 2.32. The molecule has 1 fully saturated rings. The molecule has 0 saturated heterocycles. The summed E-state index contributed by atoms with van der Waals surface area (Å²) in [4.78, 5) is 26.9. The normalized spacial score (nSPS) is 23.6. The summed E-state index contributed by atoms with van der Waals surface area (Å²) in [5.74, 6) is -1.17. The van der Waals surface area contributed by atoms with Gasteiger partial charge in [0.05, 0.1) is 5.92 Å². The molecule has 2 atom stereocenters. The maximum absolute atomic E-state index is 11.8. The number of hydrogen-bond acceptors (Lipinski definition) is 4. The van der Waals surface area contributed by atoms with E-state index < -0.39 is 17.8 Å². The summed E-state index contributed by atoms with van der Waals surface area (Å²) < 4.78 is 0. The molecule has 0 spiro atoms. The smallest absolute Gasteiger partial charge is 0.308 e. The Bertz CT molecular complexity index is 457. The Morgan fingerprint density at radius 2 is 2.11 bits per heavy atom. The summed E-state index contributed by atoms with van der Waals surface area (Å²) in [5.41, 5.74) is 0. The Labute approximate surface area is 104 Å². The van der Waals surface area contributed by atoms with Gasteiger partial charge >= 0.3 is 5.97 Å². The molecule has 0 radical (unpaired) electrons. The quantitative estimate of drug-likeness (QED) is 0.725. The van der Waals surface area contributed by atoms with Crippen molar-refractivity contribution in [3.63, 3.8) is 0 Å². The molecule has 1 saturated carbocycles. The van der Waals surface area contributed by atoms with E-state index in [2.05, 4.69) is 20.5 Å². The zero-order valence-electron chi connectivity index (χ0n) is 10.1. The highest BCUT2D eigenvalue weighted by atomic mass is 16.4. The monoisotopic (exact) mass is 252 g/mol. The minimum absolute atomic E-state index is 0.0576. The van der Waals surface area contributed by atoms with Gasteiger partial charge in [-0.2, -0.15) is 0 Å². The summed E-state index contributed by atoms with van der Waals surface area (Å²) >= 11 is 0. The Morgan fingerprint density at radius 3 is 2.72 bits per heavy atom. The number of amides is 1. The SMILES string of the molecule is Cc1nc(C(=O)NC2CCCCC2C(=O)O)n[nH]1. The van der Waals surface area contributed by atoms with Gasteiger partial charge in [-0.3, -0.25) is 14.7 Å². The third-order valence-electron chi connectivity index (χ3n) is 3.20. The molecule has 1 aliphatic rings. The van der Waals surface area contributed by atoms with Crippen molar-refractivity contribution in [2.75, 3.05) is 0 Å². The van der Waals surface area contributed by atoms with Crippen molar-refractivity contribution < 1.29 is 14.7 Å². The molecule has 0 aliphatic heterocycles. The minimum Gasteiger partial charge on any atom is -0.481 e. The molecule has 1 aromatic rings. The van der Waals surface area contributed by atoms with Crippen molar-refractivity contribution >= 4 is 11.9 Å². The first-order valence-electron chi connectivity index (χ1n) is 6.00. The molecular weight excluding hydrogens is 236 g/mol. The van der Waals surface area contributed by atoms with Crippen molar-refractivity contribution in [2.24, 2.45) is 5.92 Å². The number of aliphatic carboxylic acids is 1. The summed E-state index contributed by atoms with van der Waals surface area (Å²) in [6.45, 7) is 1.70. The fourth-order valence-electron chi connectivity index (χ4n) is 2.28. The lowest BCUT2D eigenvalue weighted by atomic mass is 9.84. The molecule has 7 heteroatoms. The standard InChI is InChI=1S/C11H16N4O3/c1-6-12-9(15-14-6)10(16)13-8-5-3-2-4-7(8)11(17)18/h7-8H,2-5H2,1H3,(H,13,16)(H,17,18)(H,12,14,15). The number of carboxylic acids is 1. The van der Waals surface area contributed by atoms with Gasteiger partial charge < -0.3 is 10.4 Å². The van der Waals surface area contributed by atoms with Gasteiger partial charge in [0.15, 0.2) is 0 Å². The number of hydrogen-bond donors (Lipinski definition) is 3. The van der Waals surface area contributed by atoms with E-state index in [1.54, 1.807) is 6.92 Å². The van der Waals surface area contributed by atoms with Crippen LogP contribution >= 0.6 is 0 Å². The minimum atomic E-state index is -0.855. The second-order valence-corrected chi connectivity index (χ2v) is 4.55. The van der Waals surface area contributed by atoms with Gasteiger partial charge in [0.25, 0.3) is 5.91 Å². The van der Waals surface area contributed by atoms with Crippen molar-refractivity contribution in [2.45, 2.75) is 38.6 Å². The summed E-state index contributed by atoms with van der Waals surface area (Å²) in [6, 6.07) is -0.331. The molecule has 1 heterocycles. The maximum Gasteiger partial charge on any atom is 0.308 e. The predicted octanol–water partition coefficient (Wildman–Crippen LogP) is 0.486. The van der Waals surface area contributed by atoms with E-state index >= 15 is 0 Å². The largest absolute Gasteiger partial charge is 0.481 e. The molecule has 3 N–H and O–H groups in total. The summed E-state index contributed by atoms with van der Waals surface area (Å²) in [6.07, 6.45) is 3.12. The highest BCUT2D eigenvalue weighted by molar-refractivity contribution is 5.91. The third kappa shape index (κ3) is 2.66. The molecule has 18 heavy (non-hydrogen) atoms. The van der Waals surface area contributed by atoms with Crippen LogP contribution in [0.1, 0.15) is 42.1 Å². The Hall–Kier alpha value is -1.92. The number of H-pyrrole nitrogens is 1. The first-order valence-corrected chi connectivity index (χ1v) is 6.00. The lowest BCUT2D eigenvalue weighted by Gasteiger charge is -2.28. The number of aryl methyl sites for hydroxylation is 1. The van der Waals surface area contributed by atoms with E-state index in [-0.39, 0.29) is 11.9 Å². The van der Waals surface area contributed by atoms with Gasteiger partial charge in [-0.1, -0.05) is 12.8 Å². The number of nitrogens with zero attached hydrogens (tertiary/aromatic N) is 2. The second kappa shape index (κ2) is 5.16. The second-order valence-electron chi connectivity index (χ2n) is 4.55. The molecule has 7 nitrogen and oxygen atoms in total. The molecule has 2 unspecified atom stereocenters. The fraction of sp³-hybridized carbons (Fsp3) is 0.636. The van der Waals surface area contributed by atoms with Crippen LogP contribution in [-0.4, -0.2) is 38.2 Å². The first kappa shape index (κ1) is 12.5. The number of aromatic nitrogens is 3. The molecule has 0 aromatic carbocycles. The van der Waals surface area contributed by atoms with Crippen molar-refractivity contribution in [3.8, 4) is 0 Å². The van der Waals surface area contributed by atoms with E-state index in [0.717, 1.165) is 12.8 Å². The number of aromatic amines is 1. The molecule has 1 aliphatic carbocycles. The van der Waals surface area contributed by atoms with Gasteiger partial charge in [-0.05, 0) is 19.8 Å². The number of carbonyl (C=O) groups is 2. The topological polar surface area (TPSA) is 108 Å². The Balaban J connectivity index is 2.03. The van der Waals surface area contributed by atoms with Crippen molar-refractivity contribution in [1.29, 1.82) is 0 Å². The molecule has 2 rings (SSSR count). The number of carbonyl (C=O) groups excluding carboxylic acids is 1. The first-order chi connectivity index (χ1) is 8.58. The van der Waals surface area contributed by atoms with Gasteiger partial charge in [0.1, 0.15) is 5.82 Å². The molecular formula is C11H16N4O3. The van der Waals surface area contributed by atoms with Crippen LogP contribution in [-0.2, 0) is 4.79 Å². The van der Waals surface area contributed by atoms with Gasteiger partial charge in [0.2, 0.25) is 5.82 Å². The van der Waals surface area contributed by atoms with Gasteiger partial charge in [0, 0.05) is 6.04 Å². The van der Waals surface area contributed by atoms with E-state index in [4.69, 9.17) is 5.11 Å². The average Bonchev–Trinajstić information content (AvgIpc) is 2.76. The van der Waals surface area contributed by atoms with Crippen LogP contribution in [0.15, 0.2) is 0 Å². The van der Waals surface area contributed by atoms with E-state index in [1.165, 1.54) is 0 Å². The Morgan fingerprint density at radius 1 is 1.39 bits per heavy atom. The lowest BCUT2D eigenvalue weighted by Crippen LogP contribution is -2.45. The fourth-order valence-corrected chi connectivity index (χ4v) is 2.28. The van der Waals surface area contributed by atoms with Crippen LogP contribution in [0.5, 0.6) is 0 Å². The van der Waals surface area contributed by atoms with Crippen LogP contribution in [0, 0.1) is 12.8 Å². The average molecular weight is 252 g/mol. The van der Waals surface area contributed by atoms with E-state index in [9.17, 15) is 9.59 Å². The van der Waals surface area contributed by atoms with Crippen LogP contribution in [0.25, 0.3) is 0 Å². The van der Waals surface area contributed by atoms with Crippen LogP contribution < -0.4 is 5.32 Å². The summed E-state index contributed by atoms with van der Waals surface area (Å²) in [5, 5.41) is 18.2. The molecule has 98 valence electrons. The molecule has 1 amide bonds. The molecule has 1 aromatic heterocycles. The third-order valence-corrected chi connectivity index (χ3v) is 3.20. The zero-order chi connectivity index (χ0) is 13.1. The van der Waals surface area contributed by atoms with E-state index in [1.807, 2.05) is 0 Å². The Kier molecular flexibility index (Phi) is 3.59. The maximum atomic E-state index is 11.8. The number of rotatable bonds is 3. The predicted molar refractivity (Wildman–Crippen MR) is 62.0 cm³/mol. The van der Waals surface area contributed by atoms with Crippen LogP contribution in [0.4, 0.5) is 0 Å². The highest BCUT2D eigenvalue weighted by Crippen LogP contribution is 2.24.